The molecule has 2 aromatic rings. The Balaban J connectivity index is 2.00. The van der Waals surface area contributed by atoms with Gasteiger partial charge in [-0.25, -0.2) is 19.2 Å². The summed E-state index contributed by atoms with van der Waals surface area (Å²) in [5, 5.41) is 19.2. The molecule has 0 aliphatic heterocycles. The number of benzene rings is 2. The number of rotatable bonds is 14. The van der Waals surface area contributed by atoms with Gasteiger partial charge < -0.3 is 28.4 Å². The number of carbonyl (C=O) groups is 4. The van der Waals surface area contributed by atoms with Crippen molar-refractivity contribution in [3.05, 3.63) is 68.5 Å². The minimum absolute atomic E-state index is 0.0899. The lowest BCUT2D eigenvalue weighted by atomic mass is 10.1. The highest BCUT2D eigenvalue weighted by molar-refractivity contribution is 8.07. The SMILES string of the molecule is COC(=O)c1cc(OCCS/C(C#N)=C(/C#N)SCCOc2cc(C(=O)OC)cc(C(=O)OC)c2)cc(C(=O)OC)c1. The monoisotopic (exact) mass is 614 g/mol. The molecule has 42 heavy (non-hydrogen) atoms. The second kappa shape index (κ2) is 17.2. The average Bonchev–Trinajstić information content (AvgIpc) is 3.03. The van der Waals surface area contributed by atoms with E-state index >= 15 is 0 Å². The average molecular weight is 615 g/mol. The lowest BCUT2D eigenvalue weighted by Crippen LogP contribution is -2.09. The molecule has 0 amide bonds. The van der Waals surface area contributed by atoms with E-state index in [1.807, 2.05) is 12.1 Å². The number of hydrogen-bond acceptors (Lipinski definition) is 14. The van der Waals surface area contributed by atoms with E-state index in [9.17, 15) is 29.7 Å². The highest BCUT2D eigenvalue weighted by Gasteiger charge is 2.16. The van der Waals surface area contributed by atoms with E-state index in [0.717, 1.165) is 23.5 Å². The minimum Gasteiger partial charge on any atom is -0.493 e. The van der Waals surface area contributed by atoms with Crippen LogP contribution >= 0.6 is 23.5 Å². The number of methoxy groups -OCH3 is 4. The van der Waals surface area contributed by atoms with Crippen LogP contribution in [0.15, 0.2) is 46.2 Å². The highest BCUT2D eigenvalue weighted by atomic mass is 32.2. The summed E-state index contributed by atoms with van der Waals surface area (Å²) in [4.78, 5) is 48.1. The molecule has 0 saturated carbocycles. The van der Waals surface area contributed by atoms with Crippen molar-refractivity contribution >= 4 is 47.4 Å². The van der Waals surface area contributed by atoms with Gasteiger partial charge >= 0.3 is 23.9 Å². The minimum atomic E-state index is -0.658. The lowest BCUT2D eigenvalue weighted by molar-refractivity contribution is 0.0581. The summed E-state index contributed by atoms with van der Waals surface area (Å²) in [5.41, 5.74) is 0.406. The molecule has 0 radical (unpaired) electrons. The van der Waals surface area contributed by atoms with Crippen molar-refractivity contribution in [3.8, 4) is 23.6 Å². The van der Waals surface area contributed by atoms with Crippen LogP contribution in [-0.4, -0.2) is 77.0 Å². The zero-order valence-electron chi connectivity index (χ0n) is 23.1. The van der Waals surface area contributed by atoms with Gasteiger partial charge in [0, 0.05) is 11.5 Å². The molecule has 0 aliphatic carbocycles. The molecule has 0 unspecified atom stereocenters. The quantitative estimate of drug-likeness (QED) is 0.129. The van der Waals surface area contributed by atoms with Crippen molar-refractivity contribution < 1.29 is 47.6 Å². The summed E-state index contributed by atoms with van der Waals surface area (Å²) < 4.78 is 30.1. The zero-order chi connectivity index (χ0) is 31.1. The molecule has 2 rings (SSSR count). The number of ether oxygens (including phenoxy) is 6. The summed E-state index contributed by atoms with van der Waals surface area (Å²) in [6, 6.07) is 12.3. The fourth-order valence-corrected chi connectivity index (χ4v) is 4.79. The molecule has 0 atom stereocenters. The van der Waals surface area contributed by atoms with Crippen molar-refractivity contribution in [2.24, 2.45) is 0 Å². The van der Waals surface area contributed by atoms with Crippen molar-refractivity contribution in [2.75, 3.05) is 53.2 Å². The zero-order valence-corrected chi connectivity index (χ0v) is 24.7. The summed E-state index contributed by atoms with van der Waals surface area (Å²) in [7, 11) is 4.84. The van der Waals surface area contributed by atoms with Crippen LogP contribution in [0.1, 0.15) is 41.4 Å². The Labute approximate surface area is 250 Å². The summed E-state index contributed by atoms with van der Waals surface area (Å²) in [6.07, 6.45) is 0. The van der Waals surface area contributed by atoms with E-state index in [-0.39, 0.29) is 68.3 Å². The van der Waals surface area contributed by atoms with Gasteiger partial charge in [-0.2, -0.15) is 10.5 Å². The predicted octanol–water partition coefficient (Wildman–Crippen LogP) is 4.02. The highest BCUT2D eigenvalue weighted by Crippen LogP contribution is 2.28. The number of carbonyl (C=O) groups excluding carboxylic acids is 4. The van der Waals surface area contributed by atoms with Crippen LogP contribution in [0.3, 0.4) is 0 Å². The van der Waals surface area contributed by atoms with Crippen LogP contribution in [0, 0.1) is 22.7 Å². The first-order valence-corrected chi connectivity index (χ1v) is 13.9. The Kier molecular flexibility index (Phi) is 13.8. The Bertz CT molecular complexity index is 1270. The van der Waals surface area contributed by atoms with Gasteiger partial charge in [0.2, 0.25) is 0 Å². The maximum Gasteiger partial charge on any atom is 0.338 e. The van der Waals surface area contributed by atoms with Crippen LogP contribution in [-0.2, 0) is 18.9 Å². The first kappa shape index (κ1) is 33.5. The number of esters is 4. The normalized spacial score (nSPS) is 10.7. The second-order valence-corrected chi connectivity index (χ2v) is 9.94. The first-order chi connectivity index (χ1) is 20.2. The third-order valence-electron chi connectivity index (χ3n) is 5.10. The lowest BCUT2D eigenvalue weighted by Gasteiger charge is -2.11. The van der Waals surface area contributed by atoms with E-state index in [2.05, 4.69) is 0 Å². The molecule has 0 aromatic heterocycles. The number of allylic oxidation sites excluding steroid dienone is 2. The van der Waals surface area contributed by atoms with Gasteiger partial charge in [-0.3, -0.25) is 0 Å². The molecule has 0 N–H and O–H groups in total. The molecular weight excluding hydrogens is 588 g/mol. The fourth-order valence-electron chi connectivity index (χ4n) is 3.21. The maximum atomic E-state index is 11.9. The standard InChI is InChI=1S/C28H26N2O10S2/c1-35-25(31)17-9-18(26(32)36-2)12-21(11-17)39-5-7-41-23(15-29)24(16-30)42-8-6-40-22-13-19(27(33)37-3)10-20(14-22)28(34)38-4/h9-14H,5-8H2,1-4H3/b24-23-. The summed E-state index contributed by atoms with van der Waals surface area (Å²) >= 11 is 2.19. The molecule has 0 aliphatic rings. The van der Waals surface area contributed by atoms with Gasteiger partial charge in [0.05, 0.1) is 63.9 Å². The van der Waals surface area contributed by atoms with E-state index in [1.165, 1.54) is 64.8 Å². The van der Waals surface area contributed by atoms with Gasteiger partial charge in [0.25, 0.3) is 0 Å². The van der Waals surface area contributed by atoms with Gasteiger partial charge in [-0.05, 0) is 36.4 Å². The van der Waals surface area contributed by atoms with Crippen molar-refractivity contribution in [1.29, 1.82) is 10.5 Å². The van der Waals surface area contributed by atoms with Crippen LogP contribution < -0.4 is 9.47 Å². The molecule has 0 spiro atoms. The van der Waals surface area contributed by atoms with Gasteiger partial charge in [0.15, 0.2) is 0 Å². The number of nitriles is 2. The van der Waals surface area contributed by atoms with Gasteiger partial charge in [-0.1, -0.05) is 0 Å². The van der Waals surface area contributed by atoms with Crippen LogP contribution in [0.25, 0.3) is 0 Å². The third kappa shape index (κ3) is 9.76. The van der Waals surface area contributed by atoms with E-state index in [0.29, 0.717) is 0 Å². The van der Waals surface area contributed by atoms with Crippen LogP contribution in [0.5, 0.6) is 11.5 Å². The smallest absolute Gasteiger partial charge is 0.338 e. The molecule has 0 bridgehead atoms. The maximum absolute atomic E-state index is 11.9. The Hall–Kier alpha value is -4.66. The number of hydrogen-bond donors (Lipinski definition) is 0. The largest absolute Gasteiger partial charge is 0.493 e. The third-order valence-corrected chi connectivity index (χ3v) is 7.14. The predicted molar refractivity (Wildman–Crippen MR) is 152 cm³/mol. The molecular formula is C28H26N2O10S2. The van der Waals surface area contributed by atoms with Crippen molar-refractivity contribution in [3.63, 3.8) is 0 Å². The summed E-state index contributed by atoms with van der Waals surface area (Å²) in [6.45, 7) is 0.180. The fraction of sp³-hybridized carbons (Fsp3) is 0.286. The van der Waals surface area contributed by atoms with Gasteiger partial charge in [0.1, 0.15) is 33.4 Å². The molecule has 2 aromatic carbocycles. The van der Waals surface area contributed by atoms with Crippen molar-refractivity contribution in [2.45, 2.75) is 0 Å². The molecule has 0 saturated heterocycles. The van der Waals surface area contributed by atoms with Gasteiger partial charge in [-0.15, -0.1) is 23.5 Å². The van der Waals surface area contributed by atoms with Crippen LogP contribution in [0.4, 0.5) is 0 Å². The van der Waals surface area contributed by atoms with E-state index < -0.39 is 23.9 Å². The van der Waals surface area contributed by atoms with E-state index in [4.69, 9.17) is 28.4 Å². The first-order valence-electron chi connectivity index (χ1n) is 11.9. The Morgan fingerprint density at radius 1 is 0.571 bits per heavy atom. The number of thioether (sulfide) groups is 2. The van der Waals surface area contributed by atoms with E-state index in [1.54, 1.807) is 0 Å². The number of nitrogens with zero attached hydrogens (tertiary/aromatic N) is 2. The molecule has 0 fully saturated rings. The van der Waals surface area contributed by atoms with Crippen LogP contribution in [0.2, 0.25) is 0 Å². The molecule has 14 heteroatoms. The molecule has 0 heterocycles. The molecule has 12 nitrogen and oxygen atoms in total. The topological polar surface area (TPSA) is 171 Å². The van der Waals surface area contributed by atoms with Crippen molar-refractivity contribution in [1.82, 2.24) is 0 Å². The second-order valence-electron chi connectivity index (χ2n) is 7.73. The Morgan fingerprint density at radius 3 is 1.10 bits per heavy atom. The Morgan fingerprint density at radius 2 is 0.857 bits per heavy atom. The summed E-state index contributed by atoms with van der Waals surface area (Å²) in [5.74, 6) is -1.64. The molecule has 220 valence electrons.